The summed E-state index contributed by atoms with van der Waals surface area (Å²) in [6, 6.07) is 3.38. The Kier molecular flexibility index (Phi) is 4.46. The van der Waals surface area contributed by atoms with Gasteiger partial charge in [0.15, 0.2) is 16.7 Å². The Morgan fingerprint density at radius 2 is 2.18 bits per heavy atom. The summed E-state index contributed by atoms with van der Waals surface area (Å²) >= 11 is 1.04. The number of nitrogens with one attached hydrogen (secondary N) is 1. The molecule has 0 aliphatic heterocycles. The lowest BCUT2D eigenvalue weighted by Crippen LogP contribution is -2.27. The average Bonchev–Trinajstić information content (AvgIpc) is 3.03. The van der Waals surface area contributed by atoms with Gasteiger partial charge in [-0.25, -0.2) is 9.78 Å². The number of thiazole rings is 1. The summed E-state index contributed by atoms with van der Waals surface area (Å²) in [5, 5.41) is 2.77. The second-order valence-corrected chi connectivity index (χ2v) is 6.37. The number of aromatic nitrogens is 1. The molecule has 0 aromatic carbocycles. The molecule has 0 saturated heterocycles. The quantitative estimate of drug-likeness (QED) is 0.677. The Morgan fingerprint density at radius 3 is 2.73 bits per heavy atom. The van der Waals surface area contributed by atoms with Gasteiger partial charge in [0.25, 0.3) is 0 Å². The Bertz CT molecular complexity index is 696. The number of carbonyl (C=O) groups is 2. The Labute approximate surface area is 131 Å². The summed E-state index contributed by atoms with van der Waals surface area (Å²) < 4.78 is 10.4. The van der Waals surface area contributed by atoms with Crippen LogP contribution in [0.2, 0.25) is 0 Å². The van der Waals surface area contributed by atoms with Crippen LogP contribution in [-0.4, -0.2) is 22.5 Å². The topological polar surface area (TPSA) is 81.4 Å². The summed E-state index contributed by atoms with van der Waals surface area (Å²) in [7, 11) is 0. The normalized spacial score (nSPS) is 11.0. The number of hydrogen-bond donors (Lipinski definition) is 1. The van der Waals surface area contributed by atoms with E-state index in [-0.39, 0.29) is 10.9 Å². The van der Waals surface area contributed by atoms with Gasteiger partial charge in [0.05, 0.1) is 6.26 Å². The Balaban J connectivity index is 2.29. The van der Waals surface area contributed by atoms with Crippen LogP contribution < -0.4 is 5.32 Å². The van der Waals surface area contributed by atoms with Crippen molar-refractivity contribution in [3.05, 3.63) is 35.9 Å². The molecule has 7 heteroatoms. The summed E-state index contributed by atoms with van der Waals surface area (Å²) in [4.78, 5) is 28.3. The molecule has 0 aliphatic carbocycles. The van der Waals surface area contributed by atoms with Gasteiger partial charge in [-0.1, -0.05) is 17.9 Å². The van der Waals surface area contributed by atoms with E-state index in [2.05, 4.69) is 16.9 Å². The minimum atomic E-state index is -0.634. The van der Waals surface area contributed by atoms with E-state index >= 15 is 0 Å². The highest BCUT2D eigenvalue weighted by molar-refractivity contribution is 7.18. The van der Waals surface area contributed by atoms with Crippen LogP contribution in [0.3, 0.4) is 0 Å². The van der Waals surface area contributed by atoms with Crippen LogP contribution in [0, 0.1) is 0 Å². The van der Waals surface area contributed by atoms with Crippen molar-refractivity contribution >= 4 is 28.3 Å². The molecule has 0 bridgehead atoms. The number of furan rings is 1. The third kappa shape index (κ3) is 3.82. The molecule has 0 unspecified atom stereocenters. The van der Waals surface area contributed by atoms with Crippen molar-refractivity contribution < 1.29 is 18.7 Å². The van der Waals surface area contributed by atoms with E-state index in [9.17, 15) is 9.59 Å². The predicted molar refractivity (Wildman–Crippen MR) is 84.2 cm³/mol. The predicted octanol–water partition coefficient (Wildman–Crippen LogP) is 4.12. The van der Waals surface area contributed by atoms with Crippen molar-refractivity contribution in [1.82, 2.24) is 4.98 Å². The summed E-state index contributed by atoms with van der Waals surface area (Å²) in [6.45, 7) is 8.74. The zero-order chi connectivity index (χ0) is 16.3. The van der Waals surface area contributed by atoms with Gasteiger partial charge in [-0.15, -0.1) is 0 Å². The van der Waals surface area contributed by atoms with Crippen molar-refractivity contribution in [3.63, 3.8) is 0 Å². The first kappa shape index (κ1) is 16.0. The van der Waals surface area contributed by atoms with E-state index in [4.69, 9.17) is 9.15 Å². The number of ketones is 1. The molecule has 6 nitrogen and oxygen atoms in total. The monoisotopic (exact) mass is 320 g/mol. The minimum Gasteiger partial charge on any atom is -0.463 e. The SMILES string of the molecule is C=CC(=O)c1sc(NC(=O)OC(C)(C)C)nc1-c1ccco1. The van der Waals surface area contributed by atoms with Crippen LogP contribution in [0.5, 0.6) is 0 Å². The van der Waals surface area contributed by atoms with E-state index in [0.29, 0.717) is 16.3 Å². The molecule has 0 spiro atoms. The number of nitrogens with zero attached hydrogens (tertiary/aromatic N) is 1. The summed E-state index contributed by atoms with van der Waals surface area (Å²) in [5.41, 5.74) is -0.253. The number of rotatable bonds is 4. The van der Waals surface area contributed by atoms with Crippen LogP contribution in [0.1, 0.15) is 30.4 Å². The maximum atomic E-state index is 11.9. The molecule has 2 aromatic rings. The lowest BCUT2D eigenvalue weighted by atomic mass is 10.2. The smallest absolute Gasteiger partial charge is 0.413 e. The van der Waals surface area contributed by atoms with E-state index < -0.39 is 11.7 Å². The molecule has 0 radical (unpaired) electrons. The van der Waals surface area contributed by atoms with Crippen LogP contribution in [0.25, 0.3) is 11.5 Å². The van der Waals surface area contributed by atoms with E-state index in [0.717, 1.165) is 11.3 Å². The van der Waals surface area contributed by atoms with Crippen LogP contribution in [-0.2, 0) is 4.74 Å². The largest absolute Gasteiger partial charge is 0.463 e. The first-order valence-corrected chi connectivity index (χ1v) is 7.33. The van der Waals surface area contributed by atoms with Crippen molar-refractivity contribution in [2.45, 2.75) is 26.4 Å². The molecule has 0 aliphatic rings. The van der Waals surface area contributed by atoms with Gasteiger partial charge in [-0.05, 0) is 39.0 Å². The molecule has 116 valence electrons. The molecule has 0 fully saturated rings. The molecule has 1 amide bonds. The second-order valence-electron chi connectivity index (χ2n) is 5.37. The minimum absolute atomic E-state index is 0.255. The number of allylic oxidation sites excluding steroid dienone is 1. The van der Waals surface area contributed by atoms with Gasteiger partial charge in [-0.2, -0.15) is 0 Å². The Morgan fingerprint density at radius 1 is 1.45 bits per heavy atom. The first-order valence-electron chi connectivity index (χ1n) is 6.51. The number of amides is 1. The third-order valence-electron chi connectivity index (χ3n) is 2.40. The fourth-order valence-electron chi connectivity index (χ4n) is 1.60. The molecule has 2 aromatic heterocycles. The number of anilines is 1. The average molecular weight is 320 g/mol. The number of hydrogen-bond acceptors (Lipinski definition) is 6. The standard InChI is InChI=1S/C15H16N2O4S/c1-5-9(18)12-11(10-7-6-8-20-10)16-13(22-12)17-14(19)21-15(2,3)4/h5-8H,1H2,2-4H3,(H,16,17,19). The molecule has 2 heterocycles. The van der Waals surface area contributed by atoms with Gasteiger partial charge in [0, 0.05) is 0 Å². The highest BCUT2D eigenvalue weighted by Gasteiger charge is 2.22. The maximum absolute atomic E-state index is 11.9. The number of carbonyl (C=O) groups excluding carboxylic acids is 2. The molecule has 2 rings (SSSR count). The molecule has 22 heavy (non-hydrogen) atoms. The van der Waals surface area contributed by atoms with E-state index in [1.165, 1.54) is 12.3 Å². The molecule has 1 N–H and O–H groups in total. The third-order valence-corrected chi connectivity index (χ3v) is 3.38. The van der Waals surface area contributed by atoms with Crippen molar-refractivity contribution in [2.75, 3.05) is 5.32 Å². The first-order chi connectivity index (χ1) is 10.3. The summed E-state index contributed by atoms with van der Waals surface area (Å²) in [6.07, 6.45) is 2.04. The van der Waals surface area contributed by atoms with Crippen molar-refractivity contribution in [1.29, 1.82) is 0 Å². The Hall–Kier alpha value is -2.41. The molecular formula is C15H16N2O4S. The highest BCUT2D eigenvalue weighted by atomic mass is 32.1. The number of ether oxygens (including phenoxy) is 1. The van der Waals surface area contributed by atoms with Gasteiger partial charge >= 0.3 is 6.09 Å². The highest BCUT2D eigenvalue weighted by Crippen LogP contribution is 2.32. The van der Waals surface area contributed by atoms with E-state index in [1.54, 1.807) is 32.9 Å². The fourth-order valence-corrected chi connectivity index (χ4v) is 2.50. The van der Waals surface area contributed by atoms with Gasteiger partial charge in [-0.3, -0.25) is 10.1 Å². The molecular weight excluding hydrogens is 304 g/mol. The van der Waals surface area contributed by atoms with E-state index in [1.807, 2.05) is 0 Å². The zero-order valence-corrected chi connectivity index (χ0v) is 13.3. The molecule has 0 atom stereocenters. The summed E-state index contributed by atoms with van der Waals surface area (Å²) in [5.74, 6) is 0.153. The van der Waals surface area contributed by atoms with Gasteiger partial charge in [0.2, 0.25) is 0 Å². The van der Waals surface area contributed by atoms with Crippen LogP contribution in [0.15, 0.2) is 35.5 Å². The molecule has 0 saturated carbocycles. The van der Waals surface area contributed by atoms with Crippen molar-refractivity contribution in [3.8, 4) is 11.5 Å². The fraction of sp³-hybridized carbons (Fsp3) is 0.267. The van der Waals surface area contributed by atoms with Crippen LogP contribution in [0.4, 0.5) is 9.93 Å². The van der Waals surface area contributed by atoms with Crippen molar-refractivity contribution in [2.24, 2.45) is 0 Å². The van der Waals surface area contributed by atoms with Crippen LogP contribution >= 0.6 is 11.3 Å². The second kappa shape index (κ2) is 6.15. The lowest BCUT2D eigenvalue weighted by molar-refractivity contribution is 0.0635. The van der Waals surface area contributed by atoms with Gasteiger partial charge in [0.1, 0.15) is 16.2 Å². The lowest BCUT2D eigenvalue weighted by Gasteiger charge is -2.18. The van der Waals surface area contributed by atoms with Gasteiger partial charge < -0.3 is 9.15 Å². The zero-order valence-electron chi connectivity index (χ0n) is 12.5. The maximum Gasteiger partial charge on any atom is 0.413 e.